The molecule has 1 aliphatic heterocycles. The molecule has 2 rings (SSSR count). The fourth-order valence-electron chi connectivity index (χ4n) is 2.00. The van der Waals surface area contributed by atoms with E-state index in [2.05, 4.69) is 0 Å². The van der Waals surface area contributed by atoms with Crippen molar-refractivity contribution in [1.82, 2.24) is 4.90 Å². The first-order valence-electron chi connectivity index (χ1n) is 5.98. The van der Waals surface area contributed by atoms with E-state index in [0.29, 0.717) is 0 Å². The molecule has 1 atom stereocenters. The second-order valence-electron chi connectivity index (χ2n) is 4.24. The van der Waals surface area contributed by atoms with Crippen LogP contribution in [0.25, 0.3) is 0 Å². The molecule has 1 aromatic carbocycles. The van der Waals surface area contributed by atoms with Gasteiger partial charge in [-0.1, -0.05) is 18.2 Å². The van der Waals surface area contributed by atoms with Gasteiger partial charge in [0.15, 0.2) is 0 Å². The average Bonchev–Trinajstić information content (AvgIpc) is 2.40. The van der Waals surface area contributed by atoms with Crippen LogP contribution in [0.4, 0.5) is 0 Å². The van der Waals surface area contributed by atoms with Gasteiger partial charge in [0.2, 0.25) is 5.91 Å². The van der Waals surface area contributed by atoms with E-state index in [1.807, 2.05) is 23.1 Å². The third-order valence-corrected chi connectivity index (χ3v) is 4.28. The zero-order valence-corrected chi connectivity index (χ0v) is 10.6. The fourth-order valence-corrected chi connectivity index (χ4v) is 3.04. The summed E-state index contributed by atoms with van der Waals surface area (Å²) in [6.07, 6.45) is 3.35. The van der Waals surface area contributed by atoms with E-state index in [-0.39, 0.29) is 11.7 Å². The highest BCUT2D eigenvalue weighted by atomic mass is 32.2. The number of likely N-dealkylation sites (tertiary alicyclic amines) is 1. The van der Waals surface area contributed by atoms with Gasteiger partial charge in [-0.05, 0) is 31.4 Å². The molecular weight excluding hydrogens is 234 g/mol. The Bertz CT molecular complexity index is 399. The monoisotopic (exact) mass is 251 g/mol. The molecule has 0 N–H and O–H groups in total. The Morgan fingerprint density at radius 2 is 1.76 bits per heavy atom. The Morgan fingerprint density at radius 3 is 2.41 bits per heavy atom. The van der Waals surface area contributed by atoms with Crippen molar-refractivity contribution in [2.45, 2.75) is 24.2 Å². The first-order valence-corrected chi connectivity index (χ1v) is 7.30. The summed E-state index contributed by atoms with van der Waals surface area (Å²) in [4.78, 5) is 14.5. The van der Waals surface area contributed by atoms with Crippen LogP contribution in [-0.2, 0) is 15.6 Å². The van der Waals surface area contributed by atoms with Crippen LogP contribution in [0.2, 0.25) is 0 Å². The highest BCUT2D eigenvalue weighted by Crippen LogP contribution is 2.11. The number of hydrogen-bond donors (Lipinski definition) is 0. The van der Waals surface area contributed by atoms with Gasteiger partial charge in [0.05, 0.1) is 10.8 Å². The Kier molecular flexibility index (Phi) is 4.31. The second-order valence-corrected chi connectivity index (χ2v) is 5.70. The Labute approximate surface area is 104 Å². The molecule has 92 valence electrons. The topological polar surface area (TPSA) is 37.4 Å². The van der Waals surface area contributed by atoms with Gasteiger partial charge in [-0.2, -0.15) is 0 Å². The van der Waals surface area contributed by atoms with Crippen molar-refractivity contribution in [1.29, 1.82) is 0 Å². The third-order valence-electron chi connectivity index (χ3n) is 2.97. The van der Waals surface area contributed by atoms with Crippen molar-refractivity contribution in [3.63, 3.8) is 0 Å². The first-order chi connectivity index (χ1) is 8.27. The minimum Gasteiger partial charge on any atom is -0.342 e. The number of carbonyl (C=O) groups is 1. The van der Waals surface area contributed by atoms with E-state index in [9.17, 15) is 9.00 Å². The van der Waals surface area contributed by atoms with Crippen molar-refractivity contribution in [2.75, 3.05) is 18.8 Å². The molecular formula is C13H17NO2S. The molecule has 0 aliphatic carbocycles. The average molecular weight is 251 g/mol. The Morgan fingerprint density at radius 1 is 1.12 bits per heavy atom. The number of rotatable bonds is 3. The molecule has 1 fully saturated rings. The number of benzene rings is 1. The molecule has 1 saturated heterocycles. The molecule has 4 heteroatoms. The van der Waals surface area contributed by atoms with Gasteiger partial charge in [0.25, 0.3) is 0 Å². The Balaban J connectivity index is 1.92. The standard InChI is InChI=1S/C13H17NO2S/c15-13(14-9-5-2-6-10-14)11-17(16)12-7-3-1-4-8-12/h1,3-4,7-8H,2,5-6,9-11H2. The lowest BCUT2D eigenvalue weighted by Gasteiger charge is -2.26. The maximum absolute atomic E-state index is 12.0. The molecule has 1 heterocycles. The van der Waals surface area contributed by atoms with Crippen LogP contribution in [0.3, 0.4) is 0 Å². The van der Waals surface area contributed by atoms with Crippen molar-refractivity contribution >= 4 is 16.7 Å². The van der Waals surface area contributed by atoms with Crippen molar-refractivity contribution < 1.29 is 9.00 Å². The molecule has 17 heavy (non-hydrogen) atoms. The summed E-state index contributed by atoms with van der Waals surface area (Å²) >= 11 is 0. The minimum absolute atomic E-state index is 0.0203. The summed E-state index contributed by atoms with van der Waals surface area (Å²) in [5.74, 6) is 0.135. The van der Waals surface area contributed by atoms with Crippen molar-refractivity contribution in [3.05, 3.63) is 30.3 Å². The summed E-state index contributed by atoms with van der Waals surface area (Å²) in [6, 6.07) is 9.18. The molecule has 0 spiro atoms. The highest BCUT2D eigenvalue weighted by Gasteiger charge is 2.18. The molecule has 1 amide bonds. The molecule has 1 aliphatic rings. The van der Waals surface area contributed by atoms with Crippen LogP contribution in [0.5, 0.6) is 0 Å². The molecule has 3 nitrogen and oxygen atoms in total. The smallest absolute Gasteiger partial charge is 0.235 e. The van der Waals surface area contributed by atoms with E-state index in [0.717, 1.165) is 30.8 Å². The van der Waals surface area contributed by atoms with Crippen LogP contribution in [0, 0.1) is 0 Å². The van der Waals surface area contributed by atoms with Crippen LogP contribution >= 0.6 is 0 Å². The lowest BCUT2D eigenvalue weighted by atomic mass is 10.1. The largest absolute Gasteiger partial charge is 0.342 e. The predicted octanol–water partition coefficient (Wildman–Crippen LogP) is 1.81. The van der Waals surface area contributed by atoms with Gasteiger partial charge < -0.3 is 4.90 Å². The zero-order valence-electron chi connectivity index (χ0n) is 9.80. The van der Waals surface area contributed by atoms with Gasteiger partial charge in [-0.15, -0.1) is 0 Å². The van der Waals surface area contributed by atoms with E-state index in [1.165, 1.54) is 6.42 Å². The molecule has 1 unspecified atom stereocenters. The van der Waals surface area contributed by atoms with E-state index < -0.39 is 10.8 Å². The van der Waals surface area contributed by atoms with Gasteiger partial charge in [-0.25, -0.2) is 0 Å². The quantitative estimate of drug-likeness (QED) is 0.821. The summed E-state index contributed by atoms with van der Waals surface area (Å²) in [7, 11) is -1.21. The number of carbonyl (C=O) groups excluding carboxylic acids is 1. The number of hydrogen-bond acceptors (Lipinski definition) is 2. The maximum atomic E-state index is 12.0. The number of piperidine rings is 1. The molecule has 0 radical (unpaired) electrons. The molecule has 0 bridgehead atoms. The SMILES string of the molecule is O=C(CS(=O)c1ccccc1)N1CCCCC1. The number of amides is 1. The highest BCUT2D eigenvalue weighted by molar-refractivity contribution is 7.85. The lowest BCUT2D eigenvalue weighted by molar-refractivity contribution is -0.129. The lowest BCUT2D eigenvalue weighted by Crippen LogP contribution is -2.38. The van der Waals surface area contributed by atoms with Gasteiger partial charge >= 0.3 is 0 Å². The second kappa shape index (κ2) is 5.96. The molecule has 0 saturated carbocycles. The summed E-state index contributed by atoms with van der Waals surface area (Å²) in [6.45, 7) is 1.65. The van der Waals surface area contributed by atoms with Gasteiger partial charge in [0, 0.05) is 18.0 Å². The van der Waals surface area contributed by atoms with E-state index >= 15 is 0 Å². The fraction of sp³-hybridized carbons (Fsp3) is 0.462. The summed E-state index contributed by atoms with van der Waals surface area (Å²) < 4.78 is 12.0. The molecule has 0 aromatic heterocycles. The molecule has 1 aromatic rings. The van der Waals surface area contributed by atoms with Crippen molar-refractivity contribution in [2.24, 2.45) is 0 Å². The summed E-state index contributed by atoms with van der Waals surface area (Å²) in [5.41, 5.74) is 0. The zero-order chi connectivity index (χ0) is 12.1. The van der Waals surface area contributed by atoms with Gasteiger partial charge in [-0.3, -0.25) is 9.00 Å². The van der Waals surface area contributed by atoms with E-state index in [4.69, 9.17) is 0 Å². The number of nitrogens with zero attached hydrogens (tertiary/aromatic N) is 1. The van der Waals surface area contributed by atoms with Crippen molar-refractivity contribution in [3.8, 4) is 0 Å². The van der Waals surface area contributed by atoms with E-state index in [1.54, 1.807) is 12.1 Å². The normalized spacial score (nSPS) is 17.8. The van der Waals surface area contributed by atoms with Crippen LogP contribution in [-0.4, -0.2) is 33.9 Å². The van der Waals surface area contributed by atoms with Crippen LogP contribution < -0.4 is 0 Å². The minimum atomic E-state index is -1.21. The third kappa shape index (κ3) is 3.40. The maximum Gasteiger partial charge on any atom is 0.235 e. The predicted molar refractivity (Wildman–Crippen MR) is 68.1 cm³/mol. The van der Waals surface area contributed by atoms with Crippen LogP contribution in [0.1, 0.15) is 19.3 Å². The van der Waals surface area contributed by atoms with Gasteiger partial charge in [0.1, 0.15) is 5.75 Å². The Hall–Kier alpha value is -1.16. The van der Waals surface area contributed by atoms with Crippen LogP contribution in [0.15, 0.2) is 35.2 Å². The summed E-state index contributed by atoms with van der Waals surface area (Å²) in [5, 5.41) is 0. The first kappa shape index (κ1) is 12.3.